The Labute approximate surface area is 198 Å². The van der Waals surface area contributed by atoms with Gasteiger partial charge in [-0.15, -0.1) is 0 Å². The molecular weight excluding hydrogens is 454 g/mol. The molecule has 1 heterocycles. The molecule has 172 valence electrons. The molecule has 34 heavy (non-hydrogen) atoms. The number of aromatic nitrogens is 2. The van der Waals surface area contributed by atoms with E-state index in [-0.39, 0.29) is 40.9 Å². The molecule has 3 aromatic carbocycles. The first-order valence-electron chi connectivity index (χ1n) is 10.4. The Morgan fingerprint density at radius 1 is 0.882 bits per heavy atom. The summed E-state index contributed by atoms with van der Waals surface area (Å²) < 4.78 is 7.66. The van der Waals surface area contributed by atoms with E-state index < -0.39 is 5.97 Å². The van der Waals surface area contributed by atoms with Gasteiger partial charge in [-0.1, -0.05) is 54.6 Å². The van der Waals surface area contributed by atoms with Crippen LogP contribution in [0.4, 0.5) is 0 Å². The van der Waals surface area contributed by atoms with Gasteiger partial charge in [0.25, 0.3) is 5.91 Å². The van der Waals surface area contributed by atoms with Crippen molar-refractivity contribution in [2.45, 2.75) is 20.0 Å². The smallest absolute Gasteiger partial charge is 0.346 e. The minimum atomic E-state index is -0.504. The Hall–Kier alpha value is -4.24. The van der Waals surface area contributed by atoms with E-state index in [0.29, 0.717) is 5.69 Å². The van der Waals surface area contributed by atoms with Gasteiger partial charge < -0.3 is 10.1 Å². The van der Waals surface area contributed by atoms with Crippen molar-refractivity contribution < 1.29 is 14.3 Å². The average Bonchev–Trinajstić information content (AvgIpc) is 3.12. The fourth-order valence-corrected chi connectivity index (χ4v) is 4.13. The first-order chi connectivity index (χ1) is 16.4. The lowest BCUT2D eigenvalue weighted by molar-refractivity contribution is -0.131. The molecule has 0 bridgehead atoms. The van der Waals surface area contributed by atoms with Crippen molar-refractivity contribution in [3.05, 3.63) is 116 Å². The van der Waals surface area contributed by atoms with E-state index in [4.69, 9.17) is 4.74 Å². The Kier molecular flexibility index (Phi) is 6.84. The van der Waals surface area contributed by atoms with Crippen LogP contribution in [0.15, 0.2) is 88.5 Å². The zero-order chi connectivity index (χ0) is 24.1. The summed E-state index contributed by atoms with van der Waals surface area (Å²) in [5.41, 5.74) is 2.15. The molecule has 1 amide bonds. The number of carbonyl (C=O) groups excluding carboxylic acids is 2. The topological polar surface area (TPSA) is 99.4 Å². The van der Waals surface area contributed by atoms with Gasteiger partial charge in [0, 0.05) is 25.0 Å². The molecule has 0 atom stereocenters. The summed E-state index contributed by atoms with van der Waals surface area (Å²) in [5, 5.41) is 2.80. The van der Waals surface area contributed by atoms with Gasteiger partial charge in [0.05, 0.1) is 17.8 Å². The molecule has 0 aliphatic carbocycles. The van der Waals surface area contributed by atoms with Crippen molar-refractivity contribution >= 4 is 23.4 Å². The highest BCUT2D eigenvalue weighted by molar-refractivity contribution is 7.03. The van der Waals surface area contributed by atoms with Crippen LogP contribution in [-0.2, 0) is 17.9 Å². The number of ether oxygens (including phenoxy) is 1. The van der Waals surface area contributed by atoms with Gasteiger partial charge in [-0.05, 0) is 35.4 Å². The van der Waals surface area contributed by atoms with Crippen molar-refractivity contribution in [2.24, 2.45) is 0 Å². The van der Waals surface area contributed by atoms with Crippen LogP contribution >= 0.6 is 11.5 Å². The molecule has 8 nitrogen and oxygen atoms in total. The Morgan fingerprint density at radius 3 is 2.24 bits per heavy atom. The number of benzene rings is 3. The molecule has 0 saturated heterocycles. The highest BCUT2D eigenvalue weighted by Gasteiger charge is 2.14. The lowest BCUT2D eigenvalue weighted by Gasteiger charge is -2.10. The van der Waals surface area contributed by atoms with E-state index in [0.717, 1.165) is 22.7 Å². The molecule has 0 radical (unpaired) electrons. The van der Waals surface area contributed by atoms with Crippen LogP contribution in [0, 0.1) is 0 Å². The fourth-order valence-electron chi connectivity index (χ4n) is 3.33. The minimum absolute atomic E-state index is 0.149. The molecule has 0 fully saturated rings. The zero-order valence-electron chi connectivity index (χ0n) is 18.3. The number of esters is 1. The molecular formula is C25H21N3O5S. The highest BCUT2D eigenvalue weighted by atomic mass is 32.1. The van der Waals surface area contributed by atoms with Crippen molar-refractivity contribution in [1.82, 2.24) is 13.8 Å². The number of nitrogens with one attached hydrogen (secondary N) is 1. The number of para-hydroxylation sites is 2. The van der Waals surface area contributed by atoms with Crippen LogP contribution < -0.4 is 20.6 Å². The quantitative estimate of drug-likeness (QED) is 0.327. The van der Waals surface area contributed by atoms with E-state index in [1.807, 2.05) is 42.5 Å². The third-order valence-electron chi connectivity index (χ3n) is 4.99. The van der Waals surface area contributed by atoms with Crippen molar-refractivity contribution in [2.75, 3.05) is 0 Å². The maximum absolute atomic E-state index is 12.7. The monoisotopic (exact) mass is 475 g/mol. The molecule has 0 spiro atoms. The first kappa shape index (κ1) is 22.9. The molecule has 0 unspecified atom stereocenters. The standard InChI is InChI=1S/C25H21N3O5S/c1-17(29)33-22-10-6-5-9-21(22)23(30)26-15-18-11-13-19(14-12-18)16-27-24(31)28(34-25(27)32)20-7-3-2-4-8-20/h2-14H,15-16H2,1H3,(H,26,30). The Bertz CT molecular complexity index is 1440. The van der Waals surface area contributed by atoms with Crippen molar-refractivity contribution in [3.63, 3.8) is 0 Å². The molecule has 4 rings (SSSR count). The number of hydrogen-bond acceptors (Lipinski definition) is 6. The van der Waals surface area contributed by atoms with Gasteiger partial charge in [-0.3, -0.25) is 14.4 Å². The SMILES string of the molecule is CC(=O)Oc1ccccc1C(=O)NCc1ccc(Cn2c(=O)sn(-c3ccccc3)c2=O)cc1. The number of amides is 1. The largest absolute Gasteiger partial charge is 0.426 e. The van der Waals surface area contributed by atoms with E-state index in [9.17, 15) is 19.2 Å². The maximum Gasteiger partial charge on any atom is 0.346 e. The number of carbonyl (C=O) groups is 2. The third-order valence-corrected chi connectivity index (χ3v) is 5.91. The lowest BCUT2D eigenvalue weighted by atomic mass is 10.1. The maximum atomic E-state index is 12.7. The Balaban J connectivity index is 1.43. The molecule has 1 N–H and O–H groups in total. The first-order valence-corrected chi connectivity index (χ1v) is 11.2. The number of rotatable bonds is 7. The van der Waals surface area contributed by atoms with Crippen molar-refractivity contribution in [1.29, 1.82) is 0 Å². The summed E-state index contributed by atoms with van der Waals surface area (Å²) in [7, 11) is 0. The normalized spacial score (nSPS) is 10.6. The van der Waals surface area contributed by atoms with Crippen LogP contribution in [0.2, 0.25) is 0 Å². The van der Waals surface area contributed by atoms with Crippen LogP contribution in [0.25, 0.3) is 5.69 Å². The van der Waals surface area contributed by atoms with E-state index in [1.54, 1.807) is 36.4 Å². The van der Waals surface area contributed by atoms with Gasteiger partial charge in [-0.25, -0.2) is 13.3 Å². The minimum Gasteiger partial charge on any atom is -0.426 e. The average molecular weight is 476 g/mol. The summed E-state index contributed by atoms with van der Waals surface area (Å²) in [6, 6.07) is 22.8. The number of hydrogen-bond donors (Lipinski definition) is 1. The summed E-state index contributed by atoms with van der Waals surface area (Å²) >= 11 is 0.863. The van der Waals surface area contributed by atoms with Crippen LogP contribution in [0.3, 0.4) is 0 Å². The summed E-state index contributed by atoms with van der Waals surface area (Å²) in [6.45, 7) is 1.68. The number of nitrogens with zero attached hydrogens (tertiary/aromatic N) is 2. The molecule has 0 aliphatic heterocycles. The second-order valence-corrected chi connectivity index (χ2v) is 8.34. The summed E-state index contributed by atoms with van der Waals surface area (Å²) in [4.78, 5) is 48.6. The van der Waals surface area contributed by atoms with E-state index >= 15 is 0 Å². The van der Waals surface area contributed by atoms with Crippen LogP contribution in [-0.4, -0.2) is 20.4 Å². The molecule has 4 aromatic rings. The fraction of sp³-hybridized carbons (Fsp3) is 0.120. The second-order valence-electron chi connectivity index (χ2n) is 7.44. The zero-order valence-corrected chi connectivity index (χ0v) is 19.1. The predicted molar refractivity (Wildman–Crippen MR) is 129 cm³/mol. The van der Waals surface area contributed by atoms with E-state index in [2.05, 4.69) is 5.32 Å². The summed E-state index contributed by atoms with van der Waals surface area (Å²) in [6.07, 6.45) is 0. The van der Waals surface area contributed by atoms with Gasteiger partial charge >= 0.3 is 16.5 Å². The third kappa shape index (κ3) is 5.21. The summed E-state index contributed by atoms with van der Waals surface area (Å²) in [5.74, 6) is -0.673. The highest BCUT2D eigenvalue weighted by Crippen LogP contribution is 2.18. The molecule has 9 heteroatoms. The predicted octanol–water partition coefficient (Wildman–Crippen LogP) is 2.96. The van der Waals surface area contributed by atoms with Crippen molar-refractivity contribution in [3.8, 4) is 11.4 Å². The molecule has 0 aliphatic rings. The molecule has 1 aromatic heterocycles. The lowest BCUT2D eigenvalue weighted by Crippen LogP contribution is -2.28. The van der Waals surface area contributed by atoms with Gasteiger partial charge in [-0.2, -0.15) is 0 Å². The van der Waals surface area contributed by atoms with Gasteiger partial charge in [0.15, 0.2) is 0 Å². The van der Waals surface area contributed by atoms with E-state index in [1.165, 1.54) is 15.4 Å². The second kappa shape index (κ2) is 10.1. The molecule has 0 saturated carbocycles. The van der Waals surface area contributed by atoms with Gasteiger partial charge in [0.1, 0.15) is 5.75 Å². The Morgan fingerprint density at radius 2 is 1.53 bits per heavy atom. The van der Waals surface area contributed by atoms with Crippen LogP contribution in [0.5, 0.6) is 5.75 Å². The van der Waals surface area contributed by atoms with Gasteiger partial charge in [0.2, 0.25) is 0 Å². The van der Waals surface area contributed by atoms with Crippen LogP contribution in [0.1, 0.15) is 28.4 Å².